The van der Waals surface area contributed by atoms with Crippen molar-refractivity contribution in [2.45, 2.75) is 13.1 Å². The van der Waals surface area contributed by atoms with Gasteiger partial charge in [-0.05, 0) is 24.3 Å². The van der Waals surface area contributed by atoms with Gasteiger partial charge in [0.15, 0.2) is 0 Å². The van der Waals surface area contributed by atoms with E-state index in [1.807, 2.05) is 17.0 Å². The van der Waals surface area contributed by atoms with E-state index in [2.05, 4.69) is 21.9 Å². The third-order valence-corrected chi connectivity index (χ3v) is 4.71. The minimum absolute atomic E-state index is 0.154. The van der Waals surface area contributed by atoms with Gasteiger partial charge in [-0.25, -0.2) is 5.32 Å². The lowest BCUT2D eigenvalue weighted by Crippen LogP contribution is -2.60. The average molecular weight is 317 g/mol. The van der Waals surface area contributed by atoms with E-state index < -0.39 is 0 Å². The molecule has 1 aromatic rings. The van der Waals surface area contributed by atoms with Crippen LogP contribution in [0, 0.1) is 0 Å². The molecule has 2 heterocycles. The van der Waals surface area contributed by atoms with Gasteiger partial charge < -0.3 is 14.5 Å². The van der Waals surface area contributed by atoms with Crippen molar-refractivity contribution in [3.63, 3.8) is 0 Å². The number of rotatable bonds is 3. The summed E-state index contributed by atoms with van der Waals surface area (Å²) in [4.78, 5) is 18.3. The maximum atomic E-state index is 11.6. The number of nitrogens with zero attached hydrogens (tertiary/aromatic N) is 4. The van der Waals surface area contributed by atoms with Crippen molar-refractivity contribution < 1.29 is 9.53 Å². The molecule has 23 heavy (non-hydrogen) atoms. The first-order valence-electron chi connectivity index (χ1n) is 8.22. The minimum atomic E-state index is 0.154. The number of amides is 1. The Hall–Kier alpha value is -1.79. The zero-order valence-corrected chi connectivity index (χ0v) is 13.9. The van der Waals surface area contributed by atoms with E-state index in [0.29, 0.717) is 0 Å². The van der Waals surface area contributed by atoms with Gasteiger partial charge >= 0.3 is 0 Å². The highest BCUT2D eigenvalue weighted by atomic mass is 16.5. The third kappa shape index (κ3) is 3.76. The van der Waals surface area contributed by atoms with Gasteiger partial charge in [-0.1, -0.05) is 0 Å². The first-order valence-corrected chi connectivity index (χ1v) is 8.22. The number of hydrogen-bond donors (Lipinski definition) is 0. The molecule has 0 aromatic heterocycles. The summed E-state index contributed by atoms with van der Waals surface area (Å²) in [7, 11) is 1.69. The minimum Gasteiger partial charge on any atom is -0.497 e. The van der Waals surface area contributed by atoms with Gasteiger partial charge in [-0.15, -0.1) is 0 Å². The van der Waals surface area contributed by atoms with E-state index in [1.165, 1.54) is 5.69 Å². The Morgan fingerprint density at radius 2 is 1.83 bits per heavy atom. The van der Waals surface area contributed by atoms with Crippen molar-refractivity contribution in [2.24, 2.45) is 0 Å². The number of methoxy groups -OCH3 is 1. The molecular weight excluding hydrogens is 292 g/mol. The van der Waals surface area contributed by atoms with Gasteiger partial charge in [0.25, 0.3) is 0 Å². The normalized spacial score (nSPS) is 23.0. The van der Waals surface area contributed by atoms with Gasteiger partial charge in [0, 0.05) is 51.9 Å². The summed E-state index contributed by atoms with van der Waals surface area (Å²) in [6.07, 6.45) is 0.158. The van der Waals surface area contributed by atoms with E-state index >= 15 is 0 Å². The summed E-state index contributed by atoms with van der Waals surface area (Å²) >= 11 is 0. The molecule has 3 rings (SSSR count). The van der Waals surface area contributed by atoms with E-state index in [1.54, 1.807) is 14.0 Å². The maximum absolute atomic E-state index is 11.6. The largest absolute Gasteiger partial charge is 0.497 e. The van der Waals surface area contributed by atoms with Gasteiger partial charge in [0.1, 0.15) is 5.75 Å². The molecule has 0 saturated carbocycles. The van der Waals surface area contributed by atoms with Crippen LogP contribution in [0.5, 0.6) is 5.75 Å². The topological polar surface area (TPSA) is 50.1 Å². The number of benzene rings is 1. The molecule has 0 spiro atoms. The lowest BCUT2D eigenvalue weighted by atomic mass is 10.2. The van der Waals surface area contributed by atoms with Crippen LogP contribution < -0.4 is 15.0 Å². The molecule has 1 unspecified atom stereocenters. The third-order valence-electron chi connectivity index (χ3n) is 4.71. The maximum Gasteiger partial charge on any atom is 0.219 e. The Balaban J connectivity index is 1.54. The molecule has 2 fully saturated rings. The SMILES string of the molecule is COc1ccc(N2CCN(C3CN(C(C)=O)CC[N]3)CC2)cc1. The number of carbonyl (C=O) groups is 1. The fraction of sp³-hybridized carbons (Fsp3) is 0.588. The summed E-state index contributed by atoms with van der Waals surface area (Å²) in [5.41, 5.74) is 1.23. The smallest absolute Gasteiger partial charge is 0.219 e. The van der Waals surface area contributed by atoms with Crippen LogP contribution >= 0.6 is 0 Å². The van der Waals surface area contributed by atoms with E-state index in [9.17, 15) is 4.79 Å². The van der Waals surface area contributed by atoms with E-state index in [-0.39, 0.29) is 12.1 Å². The predicted octanol–water partition coefficient (Wildman–Crippen LogP) is 0.610. The average Bonchev–Trinajstić information content (AvgIpc) is 2.62. The molecule has 0 aliphatic carbocycles. The van der Waals surface area contributed by atoms with Crippen molar-refractivity contribution in [3.05, 3.63) is 24.3 Å². The number of ether oxygens (including phenoxy) is 1. The van der Waals surface area contributed by atoms with Crippen LogP contribution in [0.3, 0.4) is 0 Å². The van der Waals surface area contributed by atoms with Crippen LogP contribution in [-0.2, 0) is 4.79 Å². The lowest BCUT2D eigenvalue weighted by Gasteiger charge is -2.43. The highest BCUT2D eigenvalue weighted by Crippen LogP contribution is 2.21. The second kappa shape index (κ2) is 7.19. The molecule has 0 N–H and O–H groups in total. The van der Waals surface area contributed by atoms with Crippen molar-refractivity contribution >= 4 is 11.6 Å². The molecule has 1 aromatic carbocycles. The molecule has 1 radical (unpaired) electrons. The zero-order chi connectivity index (χ0) is 16.2. The number of hydrogen-bond acceptors (Lipinski definition) is 4. The molecule has 1 amide bonds. The van der Waals surface area contributed by atoms with Crippen molar-refractivity contribution in [1.82, 2.24) is 15.1 Å². The zero-order valence-electron chi connectivity index (χ0n) is 13.9. The molecule has 6 nitrogen and oxygen atoms in total. The first-order chi connectivity index (χ1) is 11.2. The molecule has 1 atom stereocenters. The lowest BCUT2D eigenvalue weighted by molar-refractivity contribution is -0.131. The van der Waals surface area contributed by atoms with Gasteiger partial charge in [0.05, 0.1) is 19.8 Å². The van der Waals surface area contributed by atoms with Crippen LogP contribution in [0.1, 0.15) is 6.92 Å². The van der Waals surface area contributed by atoms with E-state index in [0.717, 1.165) is 51.6 Å². The highest BCUT2D eigenvalue weighted by molar-refractivity contribution is 5.73. The molecule has 2 aliphatic rings. The summed E-state index contributed by atoms with van der Waals surface area (Å²) in [5, 5.41) is 4.70. The predicted molar refractivity (Wildman–Crippen MR) is 89.8 cm³/mol. The van der Waals surface area contributed by atoms with Crippen molar-refractivity contribution in [1.29, 1.82) is 0 Å². The summed E-state index contributed by atoms with van der Waals surface area (Å²) in [5.74, 6) is 1.04. The number of piperazine rings is 2. The standard InChI is InChI=1S/C17H25N4O2/c1-14(22)21-8-7-18-17(13-21)20-11-9-19(10-12-20)15-3-5-16(23-2)6-4-15/h3-6,17H,7-13H2,1-2H3. The highest BCUT2D eigenvalue weighted by Gasteiger charge is 2.29. The van der Waals surface area contributed by atoms with Crippen LogP contribution in [-0.4, -0.2) is 74.8 Å². The second-order valence-electron chi connectivity index (χ2n) is 6.07. The van der Waals surface area contributed by atoms with Crippen molar-refractivity contribution in [2.75, 3.05) is 57.8 Å². The van der Waals surface area contributed by atoms with Crippen LogP contribution in [0.25, 0.3) is 0 Å². The fourth-order valence-electron chi connectivity index (χ4n) is 3.26. The van der Waals surface area contributed by atoms with Gasteiger partial charge in [-0.2, -0.15) is 0 Å². The fourth-order valence-corrected chi connectivity index (χ4v) is 3.26. The van der Waals surface area contributed by atoms with E-state index in [4.69, 9.17) is 10.1 Å². The van der Waals surface area contributed by atoms with Gasteiger partial charge in [-0.3, -0.25) is 9.69 Å². The summed E-state index contributed by atoms with van der Waals surface area (Å²) in [6, 6.07) is 8.22. The quantitative estimate of drug-likeness (QED) is 0.820. The summed E-state index contributed by atoms with van der Waals surface area (Å²) < 4.78 is 5.21. The summed E-state index contributed by atoms with van der Waals surface area (Å²) in [6.45, 7) is 7.82. The van der Waals surface area contributed by atoms with Crippen molar-refractivity contribution in [3.8, 4) is 5.75 Å². The molecule has 6 heteroatoms. The Labute approximate surface area is 138 Å². The molecule has 125 valence electrons. The second-order valence-corrected chi connectivity index (χ2v) is 6.07. The van der Waals surface area contributed by atoms with Crippen LogP contribution in [0.2, 0.25) is 0 Å². The first kappa shape index (κ1) is 16.1. The number of anilines is 1. The molecule has 2 aliphatic heterocycles. The van der Waals surface area contributed by atoms with Gasteiger partial charge in [0.2, 0.25) is 5.91 Å². The monoisotopic (exact) mass is 317 g/mol. The Morgan fingerprint density at radius 3 is 2.43 bits per heavy atom. The molecular formula is C17H25N4O2. The number of carbonyl (C=O) groups excluding carboxylic acids is 1. The van der Waals surface area contributed by atoms with Crippen LogP contribution in [0.15, 0.2) is 24.3 Å². The Morgan fingerprint density at radius 1 is 1.13 bits per heavy atom. The van der Waals surface area contributed by atoms with Crippen LogP contribution in [0.4, 0.5) is 5.69 Å². The Kier molecular flexibility index (Phi) is 5.03. The Bertz CT molecular complexity index is 526. The molecule has 2 saturated heterocycles. The molecule has 0 bridgehead atoms.